The molecule has 0 aliphatic rings. The second-order valence-corrected chi connectivity index (χ2v) is 9.30. The Morgan fingerprint density at radius 1 is 1.16 bits per heavy atom. The third-order valence-corrected chi connectivity index (χ3v) is 6.43. The lowest BCUT2D eigenvalue weighted by Crippen LogP contribution is -2.23. The van der Waals surface area contributed by atoms with Gasteiger partial charge in [-0.1, -0.05) is 12.1 Å². The SMILES string of the molecule is CSCCC(NCc1cc(C)n(-c2ccnn2C(C)C)c1C)c1nc2ccccc2[nH]1. The maximum absolute atomic E-state index is 4.85. The van der Waals surface area contributed by atoms with Crippen molar-refractivity contribution in [3.63, 3.8) is 0 Å². The van der Waals surface area contributed by atoms with Gasteiger partial charge in [0.1, 0.15) is 11.6 Å². The Bertz CT molecular complexity index is 1120. The minimum atomic E-state index is 0.184. The second-order valence-electron chi connectivity index (χ2n) is 8.31. The van der Waals surface area contributed by atoms with Gasteiger partial charge in [0, 0.05) is 30.0 Å². The van der Waals surface area contributed by atoms with Gasteiger partial charge >= 0.3 is 0 Å². The molecule has 4 aromatic rings. The first-order valence-corrected chi connectivity index (χ1v) is 12.3. The molecule has 3 aromatic heterocycles. The number of benzene rings is 1. The Balaban J connectivity index is 1.58. The molecule has 31 heavy (non-hydrogen) atoms. The lowest BCUT2D eigenvalue weighted by atomic mass is 10.2. The van der Waals surface area contributed by atoms with Crippen LogP contribution in [0.5, 0.6) is 0 Å². The van der Waals surface area contributed by atoms with Crippen LogP contribution in [-0.2, 0) is 6.54 Å². The third kappa shape index (κ3) is 4.43. The zero-order valence-electron chi connectivity index (χ0n) is 19.0. The number of nitrogens with zero attached hydrogens (tertiary/aromatic N) is 4. The van der Waals surface area contributed by atoms with Gasteiger partial charge in [-0.25, -0.2) is 9.67 Å². The summed E-state index contributed by atoms with van der Waals surface area (Å²) in [5, 5.41) is 8.29. The summed E-state index contributed by atoms with van der Waals surface area (Å²) in [4.78, 5) is 8.37. The molecule has 0 aliphatic heterocycles. The fourth-order valence-electron chi connectivity index (χ4n) is 4.18. The predicted molar refractivity (Wildman–Crippen MR) is 130 cm³/mol. The van der Waals surface area contributed by atoms with Crippen LogP contribution in [0.15, 0.2) is 42.6 Å². The highest BCUT2D eigenvalue weighted by molar-refractivity contribution is 7.98. The topological polar surface area (TPSA) is 63.5 Å². The minimum Gasteiger partial charge on any atom is -0.341 e. The Kier molecular flexibility index (Phi) is 6.53. The van der Waals surface area contributed by atoms with Crippen molar-refractivity contribution in [3.8, 4) is 5.82 Å². The maximum atomic E-state index is 4.85. The minimum absolute atomic E-state index is 0.184. The van der Waals surface area contributed by atoms with E-state index in [4.69, 9.17) is 4.98 Å². The maximum Gasteiger partial charge on any atom is 0.135 e. The Morgan fingerprint density at radius 3 is 2.71 bits per heavy atom. The monoisotopic (exact) mass is 436 g/mol. The zero-order valence-corrected chi connectivity index (χ0v) is 19.8. The summed E-state index contributed by atoms with van der Waals surface area (Å²) in [5.74, 6) is 3.22. The molecule has 0 bridgehead atoms. The molecule has 1 unspecified atom stereocenters. The van der Waals surface area contributed by atoms with Crippen molar-refractivity contribution in [2.45, 2.75) is 52.7 Å². The molecule has 0 amide bonds. The first kappa shape index (κ1) is 21.7. The Morgan fingerprint density at radius 2 is 1.97 bits per heavy atom. The molecule has 4 rings (SSSR count). The van der Waals surface area contributed by atoms with Gasteiger partial charge in [0.15, 0.2) is 0 Å². The van der Waals surface area contributed by atoms with Gasteiger partial charge in [-0.3, -0.25) is 0 Å². The van der Waals surface area contributed by atoms with E-state index in [0.717, 1.165) is 41.4 Å². The van der Waals surface area contributed by atoms with Gasteiger partial charge in [0.2, 0.25) is 0 Å². The molecule has 0 saturated carbocycles. The quantitative estimate of drug-likeness (QED) is 0.372. The van der Waals surface area contributed by atoms with E-state index in [2.05, 4.69) is 82.9 Å². The van der Waals surface area contributed by atoms with E-state index in [1.165, 1.54) is 17.0 Å². The van der Waals surface area contributed by atoms with E-state index < -0.39 is 0 Å². The van der Waals surface area contributed by atoms with Crippen LogP contribution in [0.4, 0.5) is 0 Å². The van der Waals surface area contributed by atoms with Gasteiger partial charge < -0.3 is 14.9 Å². The van der Waals surface area contributed by atoms with E-state index in [9.17, 15) is 0 Å². The average molecular weight is 437 g/mol. The largest absolute Gasteiger partial charge is 0.341 e. The van der Waals surface area contributed by atoms with Crippen LogP contribution >= 0.6 is 11.8 Å². The summed E-state index contributed by atoms with van der Waals surface area (Å²) in [6.07, 6.45) is 5.06. The van der Waals surface area contributed by atoms with Gasteiger partial charge in [0.25, 0.3) is 0 Å². The highest BCUT2D eigenvalue weighted by atomic mass is 32.2. The van der Waals surface area contributed by atoms with Crippen molar-refractivity contribution in [1.82, 2.24) is 29.6 Å². The van der Waals surface area contributed by atoms with E-state index in [1.54, 1.807) is 0 Å². The molecule has 3 heterocycles. The second kappa shape index (κ2) is 9.32. The summed E-state index contributed by atoms with van der Waals surface area (Å²) in [6, 6.07) is 13.1. The van der Waals surface area contributed by atoms with Crippen LogP contribution in [0.1, 0.15) is 55.1 Å². The van der Waals surface area contributed by atoms with E-state index in [0.29, 0.717) is 6.04 Å². The van der Waals surface area contributed by atoms with Crippen LogP contribution in [-0.4, -0.2) is 36.3 Å². The number of aromatic nitrogens is 5. The lowest BCUT2D eigenvalue weighted by molar-refractivity contribution is 0.500. The summed E-state index contributed by atoms with van der Waals surface area (Å²) in [7, 11) is 0. The van der Waals surface area contributed by atoms with Gasteiger partial charge in [0.05, 0.1) is 23.3 Å². The molecule has 0 spiro atoms. The zero-order chi connectivity index (χ0) is 22.0. The Labute approximate surface area is 188 Å². The summed E-state index contributed by atoms with van der Waals surface area (Å²) < 4.78 is 4.38. The van der Waals surface area contributed by atoms with Gasteiger partial charge in [-0.05, 0) is 69.9 Å². The first-order chi connectivity index (χ1) is 15.0. The number of hydrogen-bond donors (Lipinski definition) is 2. The highest BCUT2D eigenvalue weighted by Gasteiger charge is 2.19. The molecular formula is C24H32N6S. The number of para-hydroxylation sites is 2. The van der Waals surface area contributed by atoms with Crippen molar-refractivity contribution in [3.05, 3.63) is 65.4 Å². The van der Waals surface area contributed by atoms with E-state index >= 15 is 0 Å². The van der Waals surface area contributed by atoms with E-state index in [1.807, 2.05) is 30.1 Å². The molecule has 2 N–H and O–H groups in total. The summed E-state index contributed by atoms with van der Waals surface area (Å²) in [6.45, 7) is 9.48. The predicted octanol–water partition coefficient (Wildman–Crippen LogP) is 5.33. The van der Waals surface area contributed by atoms with Gasteiger partial charge in [-0.2, -0.15) is 16.9 Å². The molecular weight excluding hydrogens is 404 g/mol. The molecule has 0 aliphatic carbocycles. The molecule has 7 heteroatoms. The molecule has 0 radical (unpaired) electrons. The number of aromatic amines is 1. The number of nitrogens with one attached hydrogen (secondary N) is 2. The normalized spacial score (nSPS) is 12.8. The summed E-state index contributed by atoms with van der Waals surface area (Å²) in [5.41, 5.74) is 5.89. The Hall–Kier alpha value is -2.51. The number of rotatable bonds is 9. The van der Waals surface area contributed by atoms with Crippen LogP contribution < -0.4 is 5.32 Å². The van der Waals surface area contributed by atoms with Crippen LogP contribution in [0.2, 0.25) is 0 Å². The van der Waals surface area contributed by atoms with Crippen molar-refractivity contribution in [1.29, 1.82) is 0 Å². The number of thioether (sulfide) groups is 1. The van der Waals surface area contributed by atoms with Crippen LogP contribution in [0.3, 0.4) is 0 Å². The number of hydrogen-bond acceptors (Lipinski definition) is 4. The van der Waals surface area contributed by atoms with Crippen molar-refractivity contribution >= 4 is 22.8 Å². The number of H-pyrrole nitrogens is 1. The standard InChI is InChI=1S/C24H32N6S/c1-16(2)30-23(10-12-26-30)29-17(3)14-19(18(29)4)15-25-22(11-13-31-5)24-27-20-8-6-7-9-21(20)28-24/h6-10,12,14,16,22,25H,11,13,15H2,1-5H3,(H,27,28). The molecule has 6 nitrogen and oxygen atoms in total. The smallest absolute Gasteiger partial charge is 0.135 e. The number of aryl methyl sites for hydroxylation is 1. The van der Waals surface area contributed by atoms with Crippen LogP contribution in [0, 0.1) is 13.8 Å². The molecule has 1 aromatic carbocycles. The molecule has 0 fully saturated rings. The molecule has 1 atom stereocenters. The fraction of sp³-hybridized carbons (Fsp3) is 0.417. The lowest BCUT2D eigenvalue weighted by Gasteiger charge is -2.17. The van der Waals surface area contributed by atoms with Crippen molar-refractivity contribution in [2.75, 3.05) is 12.0 Å². The van der Waals surface area contributed by atoms with Crippen LogP contribution in [0.25, 0.3) is 16.9 Å². The highest BCUT2D eigenvalue weighted by Crippen LogP contribution is 2.25. The summed E-state index contributed by atoms with van der Waals surface area (Å²) >= 11 is 1.87. The fourth-order valence-corrected chi connectivity index (χ4v) is 4.66. The third-order valence-electron chi connectivity index (χ3n) is 5.79. The van der Waals surface area contributed by atoms with E-state index in [-0.39, 0.29) is 6.04 Å². The number of imidazole rings is 1. The van der Waals surface area contributed by atoms with Gasteiger partial charge in [-0.15, -0.1) is 0 Å². The van der Waals surface area contributed by atoms with Crippen molar-refractivity contribution < 1.29 is 0 Å². The number of fused-ring (bicyclic) bond motifs is 1. The average Bonchev–Trinajstić information content (AvgIpc) is 3.45. The molecule has 164 valence electrons. The first-order valence-electron chi connectivity index (χ1n) is 10.9. The molecule has 0 saturated heterocycles. The van der Waals surface area contributed by atoms with Crippen molar-refractivity contribution in [2.24, 2.45) is 0 Å².